The van der Waals surface area contributed by atoms with E-state index in [2.05, 4.69) is 15.4 Å². The number of nitrogens with zero attached hydrogens (tertiary/aromatic N) is 1. The first-order valence-electron chi connectivity index (χ1n) is 8.59. The SMILES string of the molecule is N#CC1(NC(=O)C[C@H]2C[C@@H](S(=O)(=O)c3ccccc3OC(F)(F)F)CN2)CC1. The maximum Gasteiger partial charge on any atom is 0.573 e. The van der Waals surface area contributed by atoms with Crippen LogP contribution in [0.3, 0.4) is 0 Å². The minimum atomic E-state index is -5.01. The molecule has 11 heteroatoms. The van der Waals surface area contributed by atoms with Crippen LogP contribution in [0.25, 0.3) is 0 Å². The van der Waals surface area contributed by atoms with Crippen molar-refractivity contribution < 1.29 is 31.1 Å². The Hall–Kier alpha value is -2.32. The molecular weight excluding hydrogens is 399 g/mol. The molecule has 1 aromatic rings. The van der Waals surface area contributed by atoms with Gasteiger partial charge in [-0.2, -0.15) is 5.26 Å². The third-order valence-electron chi connectivity index (χ3n) is 4.78. The van der Waals surface area contributed by atoms with Gasteiger partial charge in [0.15, 0.2) is 9.84 Å². The molecule has 2 atom stereocenters. The molecule has 1 aliphatic heterocycles. The fourth-order valence-electron chi connectivity index (χ4n) is 3.18. The minimum absolute atomic E-state index is 0.00399. The quantitative estimate of drug-likeness (QED) is 0.729. The average Bonchev–Trinajstić information content (AvgIpc) is 3.20. The summed E-state index contributed by atoms with van der Waals surface area (Å²) in [5.41, 5.74) is -0.810. The van der Waals surface area contributed by atoms with E-state index in [-0.39, 0.29) is 25.3 Å². The lowest BCUT2D eigenvalue weighted by Gasteiger charge is -2.16. The number of nitriles is 1. The number of alkyl halides is 3. The van der Waals surface area contributed by atoms with Gasteiger partial charge in [0, 0.05) is 19.0 Å². The van der Waals surface area contributed by atoms with Gasteiger partial charge < -0.3 is 15.4 Å². The third-order valence-corrected chi connectivity index (χ3v) is 6.96. The molecule has 1 aromatic carbocycles. The molecule has 0 bridgehead atoms. The van der Waals surface area contributed by atoms with Gasteiger partial charge >= 0.3 is 6.36 Å². The number of hydrogen-bond donors (Lipinski definition) is 2. The van der Waals surface area contributed by atoms with Gasteiger partial charge in [0.05, 0.1) is 11.3 Å². The molecule has 1 saturated heterocycles. The van der Waals surface area contributed by atoms with Crippen LogP contribution < -0.4 is 15.4 Å². The molecule has 3 rings (SSSR count). The van der Waals surface area contributed by atoms with Crippen molar-refractivity contribution in [1.82, 2.24) is 10.6 Å². The number of carbonyl (C=O) groups is 1. The maximum absolute atomic E-state index is 12.8. The summed E-state index contributed by atoms with van der Waals surface area (Å²) in [6, 6.07) is 6.17. The molecular formula is C17H18F3N3O4S. The predicted molar refractivity (Wildman–Crippen MR) is 90.8 cm³/mol. The van der Waals surface area contributed by atoms with Gasteiger partial charge in [-0.1, -0.05) is 12.1 Å². The fourth-order valence-corrected chi connectivity index (χ4v) is 5.00. The van der Waals surface area contributed by atoms with E-state index in [4.69, 9.17) is 5.26 Å². The van der Waals surface area contributed by atoms with E-state index in [1.54, 1.807) is 0 Å². The first kappa shape index (κ1) is 20.4. The molecule has 1 amide bonds. The summed E-state index contributed by atoms with van der Waals surface area (Å²) < 4.78 is 67.2. The number of halogens is 3. The Kier molecular flexibility index (Phi) is 5.29. The van der Waals surface area contributed by atoms with Crippen molar-refractivity contribution in [2.45, 2.75) is 53.8 Å². The minimum Gasteiger partial charge on any atom is -0.404 e. The van der Waals surface area contributed by atoms with E-state index < -0.39 is 43.7 Å². The van der Waals surface area contributed by atoms with Crippen LogP contribution in [0.2, 0.25) is 0 Å². The number of hydrogen-bond acceptors (Lipinski definition) is 6. The lowest BCUT2D eigenvalue weighted by Crippen LogP contribution is -2.39. The summed E-state index contributed by atoms with van der Waals surface area (Å²) in [7, 11) is -4.11. The van der Waals surface area contributed by atoms with Gasteiger partial charge in [0.2, 0.25) is 5.91 Å². The zero-order valence-corrected chi connectivity index (χ0v) is 15.4. The van der Waals surface area contributed by atoms with Crippen molar-refractivity contribution in [1.29, 1.82) is 5.26 Å². The van der Waals surface area contributed by atoms with Crippen LogP contribution >= 0.6 is 0 Å². The van der Waals surface area contributed by atoms with Gasteiger partial charge in [-0.05, 0) is 31.4 Å². The first-order chi connectivity index (χ1) is 13.0. The highest BCUT2D eigenvalue weighted by Crippen LogP contribution is 2.35. The lowest BCUT2D eigenvalue weighted by atomic mass is 10.1. The van der Waals surface area contributed by atoms with Crippen LogP contribution in [0, 0.1) is 11.3 Å². The van der Waals surface area contributed by atoms with E-state index in [0.29, 0.717) is 12.8 Å². The Morgan fingerprint density at radius 2 is 2.04 bits per heavy atom. The van der Waals surface area contributed by atoms with Gasteiger partial charge in [-0.15, -0.1) is 13.2 Å². The zero-order valence-electron chi connectivity index (χ0n) is 14.6. The summed E-state index contributed by atoms with van der Waals surface area (Å²) >= 11 is 0. The zero-order chi connectivity index (χ0) is 20.6. The molecule has 2 fully saturated rings. The topological polar surface area (TPSA) is 108 Å². The summed E-state index contributed by atoms with van der Waals surface area (Å²) in [5, 5.41) is 13.6. The number of amides is 1. The van der Waals surface area contributed by atoms with Gasteiger partial charge in [0.1, 0.15) is 16.2 Å². The molecule has 0 unspecified atom stereocenters. The van der Waals surface area contributed by atoms with Crippen LogP contribution in [0.4, 0.5) is 13.2 Å². The number of para-hydroxylation sites is 1. The summed E-state index contributed by atoms with van der Waals surface area (Å²) in [6.45, 7) is 0.00399. The highest BCUT2D eigenvalue weighted by molar-refractivity contribution is 7.92. The fraction of sp³-hybridized carbons (Fsp3) is 0.529. The molecule has 152 valence electrons. The second kappa shape index (κ2) is 7.25. The van der Waals surface area contributed by atoms with Crippen LogP contribution in [0.5, 0.6) is 5.75 Å². The standard InChI is InChI=1S/C17H18F3N3O4S/c18-17(19,20)27-13-3-1-2-4-14(13)28(25,26)12-7-11(22-9-12)8-15(24)23-16(10-21)5-6-16/h1-4,11-12,22H,5-9H2,(H,23,24)/t11-,12-/m1/s1. The van der Waals surface area contributed by atoms with Crippen molar-refractivity contribution in [2.75, 3.05) is 6.54 Å². The number of benzene rings is 1. The van der Waals surface area contributed by atoms with E-state index in [9.17, 15) is 26.4 Å². The van der Waals surface area contributed by atoms with Crippen LogP contribution in [0.1, 0.15) is 25.7 Å². The second-order valence-electron chi connectivity index (χ2n) is 6.95. The van der Waals surface area contributed by atoms with Gasteiger partial charge in [0.25, 0.3) is 0 Å². The maximum atomic E-state index is 12.8. The summed E-state index contributed by atoms with van der Waals surface area (Å²) in [6.07, 6.45) is -3.80. The highest BCUT2D eigenvalue weighted by Gasteiger charge is 2.45. The molecule has 1 heterocycles. The monoisotopic (exact) mass is 417 g/mol. The Morgan fingerprint density at radius 3 is 2.64 bits per heavy atom. The van der Waals surface area contributed by atoms with Crippen molar-refractivity contribution in [2.24, 2.45) is 0 Å². The molecule has 2 aliphatic rings. The Labute approximate surface area is 159 Å². The normalized spacial score (nSPS) is 23.6. The van der Waals surface area contributed by atoms with E-state index in [0.717, 1.165) is 12.1 Å². The average molecular weight is 417 g/mol. The Morgan fingerprint density at radius 1 is 1.36 bits per heavy atom. The largest absolute Gasteiger partial charge is 0.573 e. The predicted octanol–water partition coefficient (Wildman–Crippen LogP) is 1.65. The molecule has 0 spiro atoms. The number of carbonyl (C=O) groups excluding carboxylic acids is 1. The van der Waals surface area contributed by atoms with Crippen molar-refractivity contribution in [3.8, 4) is 11.8 Å². The van der Waals surface area contributed by atoms with E-state index in [1.807, 2.05) is 6.07 Å². The molecule has 28 heavy (non-hydrogen) atoms. The van der Waals surface area contributed by atoms with Gasteiger partial charge in [-0.3, -0.25) is 4.79 Å². The van der Waals surface area contributed by atoms with E-state index >= 15 is 0 Å². The van der Waals surface area contributed by atoms with Crippen LogP contribution in [-0.4, -0.2) is 44.1 Å². The molecule has 1 saturated carbocycles. The molecule has 1 aliphatic carbocycles. The highest BCUT2D eigenvalue weighted by atomic mass is 32.2. The summed E-state index contributed by atoms with van der Waals surface area (Å²) in [5.74, 6) is -1.14. The van der Waals surface area contributed by atoms with Crippen molar-refractivity contribution in [3.63, 3.8) is 0 Å². The molecule has 2 N–H and O–H groups in total. The third kappa shape index (κ3) is 4.56. The molecule has 7 nitrogen and oxygen atoms in total. The number of nitrogens with one attached hydrogen (secondary N) is 2. The van der Waals surface area contributed by atoms with Crippen LogP contribution in [0.15, 0.2) is 29.2 Å². The smallest absolute Gasteiger partial charge is 0.404 e. The lowest BCUT2D eigenvalue weighted by molar-refractivity contribution is -0.275. The number of rotatable bonds is 6. The summed E-state index contributed by atoms with van der Waals surface area (Å²) in [4.78, 5) is 11.5. The van der Waals surface area contributed by atoms with Crippen molar-refractivity contribution >= 4 is 15.7 Å². The van der Waals surface area contributed by atoms with Crippen LogP contribution in [-0.2, 0) is 14.6 Å². The number of sulfone groups is 1. The Balaban J connectivity index is 1.68. The Bertz CT molecular complexity index is 907. The van der Waals surface area contributed by atoms with Gasteiger partial charge in [-0.25, -0.2) is 8.42 Å². The first-order valence-corrected chi connectivity index (χ1v) is 10.1. The molecule has 0 radical (unpaired) electrons. The number of ether oxygens (including phenoxy) is 1. The van der Waals surface area contributed by atoms with Crippen molar-refractivity contribution in [3.05, 3.63) is 24.3 Å². The van der Waals surface area contributed by atoms with E-state index in [1.165, 1.54) is 12.1 Å². The molecule has 0 aromatic heterocycles. The second-order valence-corrected chi connectivity index (χ2v) is 9.15.